The lowest BCUT2D eigenvalue weighted by Crippen LogP contribution is -2.48. The molecule has 0 heterocycles. The number of carbonyl (C=O) groups excluding carboxylic acids is 1. The zero-order valence-electron chi connectivity index (χ0n) is 10.8. The molecule has 0 aromatic heterocycles. The fourth-order valence-corrected chi connectivity index (χ4v) is 1.98. The third-order valence-corrected chi connectivity index (χ3v) is 2.83. The number of carbonyl (C=O) groups is 3. The minimum atomic E-state index is -4.47. The van der Waals surface area contributed by atoms with Gasteiger partial charge in [-0.2, -0.15) is 13.1 Å². The van der Waals surface area contributed by atoms with E-state index in [1.54, 1.807) is 4.72 Å². The zero-order valence-corrected chi connectivity index (χ0v) is 11.6. The van der Waals surface area contributed by atoms with Gasteiger partial charge in [-0.05, 0) is 20.3 Å². The number of aliphatic carboxylic acids is 2. The first kappa shape index (κ1) is 18.1. The number of rotatable bonds is 8. The fourth-order valence-electron chi connectivity index (χ4n) is 1.07. The van der Waals surface area contributed by atoms with E-state index in [0.29, 0.717) is 0 Å². The number of hydrogen-bond acceptors (Lipinski definition) is 6. The number of carboxylic acid groups (broad SMARTS) is 2. The predicted molar refractivity (Wildman–Crippen MR) is 65.1 cm³/mol. The van der Waals surface area contributed by atoms with Gasteiger partial charge in [0.05, 0.1) is 6.10 Å². The highest BCUT2D eigenvalue weighted by Gasteiger charge is 2.26. The molecule has 0 aliphatic heterocycles. The summed E-state index contributed by atoms with van der Waals surface area (Å²) in [4.78, 5) is 32.2. The molecule has 0 rings (SSSR count). The van der Waals surface area contributed by atoms with Crippen molar-refractivity contribution >= 4 is 28.2 Å². The highest BCUT2D eigenvalue weighted by molar-refractivity contribution is 7.88. The second-order valence-electron chi connectivity index (χ2n) is 4.00. The molecule has 0 aliphatic carbocycles. The monoisotopic (exact) mass is 312 g/mol. The van der Waals surface area contributed by atoms with Gasteiger partial charge in [-0.25, -0.2) is 9.52 Å². The molecule has 10 nitrogen and oxygen atoms in total. The van der Waals surface area contributed by atoms with Crippen LogP contribution in [0.15, 0.2) is 0 Å². The first-order chi connectivity index (χ1) is 9.03. The van der Waals surface area contributed by atoms with E-state index in [0.717, 1.165) is 0 Å². The largest absolute Gasteiger partial charge is 0.481 e. The molecule has 11 heteroatoms. The smallest absolute Gasteiger partial charge is 0.422 e. The first-order valence-electron chi connectivity index (χ1n) is 5.48. The molecule has 0 aromatic carbocycles. The van der Waals surface area contributed by atoms with E-state index in [9.17, 15) is 22.8 Å². The van der Waals surface area contributed by atoms with Crippen LogP contribution < -0.4 is 9.44 Å². The van der Waals surface area contributed by atoms with Gasteiger partial charge in [0.1, 0.15) is 6.04 Å². The van der Waals surface area contributed by atoms with Gasteiger partial charge in [-0.3, -0.25) is 9.59 Å². The van der Waals surface area contributed by atoms with Crippen molar-refractivity contribution in [2.45, 2.75) is 38.8 Å². The number of carboxylic acids is 2. The molecular weight excluding hydrogens is 296 g/mol. The number of amides is 1. The molecule has 0 saturated carbocycles. The number of ether oxygens (including phenoxy) is 1. The van der Waals surface area contributed by atoms with Crippen LogP contribution >= 0.6 is 0 Å². The van der Waals surface area contributed by atoms with Crippen molar-refractivity contribution in [2.24, 2.45) is 0 Å². The molecule has 20 heavy (non-hydrogen) atoms. The van der Waals surface area contributed by atoms with Crippen LogP contribution in [0.25, 0.3) is 0 Å². The maximum absolute atomic E-state index is 11.4. The molecule has 116 valence electrons. The van der Waals surface area contributed by atoms with Gasteiger partial charge in [0.2, 0.25) is 0 Å². The average Bonchev–Trinajstić information content (AvgIpc) is 2.21. The molecule has 1 atom stereocenters. The van der Waals surface area contributed by atoms with Crippen molar-refractivity contribution in [1.29, 1.82) is 0 Å². The van der Waals surface area contributed by atoms with Crippen LogP contribution in [-0.2, 0) is 24.5 Å². The maximum Gasteiger partial charge on any atom is 0.422 e. The minimum absolute atomic E-state index is 0.467. The molecule has 0 saturated heterocycles. The van der Waals surface area contributed by atoms with Gasteiger partial charge in [0.25, 0.3) is 0 Å². The molecular formula is C9H16N2O8S. The Balaban J connectivity index is 4.64. The summed E-state index contributed by atoms with van der Waals surface area (Å²) in [6, 6.07) is -1.67. The second kappa shape index (κ2) is 7.65. The van der Waals surface area contributed by atoms with Crippen molar-refractivity contribution in [2.75, 3.05) is 0 Å². The third-order valence-electron chi connectivity index (χ3n) is 1.80. The third kappa shape index (κ3) is 8.26. The summed E-state index contributed by atoms with van der Waals surface area (Å²) >= 11 is 0. The fraction of sp³-hybridized carbons (Fsp3) is 0.667. The van der Waals surface area contributed by atoms with Crippen LogP contribution in [0.2, 0.25) is 0 Å². The van der Waals surface area contributed by atoms with Gasteiger partial charge in [0.15, 0.2) is 0 Å². The average molecular weight is 312 g/mol. The quantitative estimate of drug-likeness (QED) is 0.456. The van der Waals surface area contributed by atoms with Gasteiger partial charge in [-0.1, -0.05) is 0 Å². The van der Waals surface area contributed by atoms with Gasteiger partial charge < -0.3 is 14.9 Å². The van der Waals surface area contributed by atoms with E-state index < -0.39 is 53.2 Å². The second-order valence-corrected chi connectivity index (χ2v) is 5.45. The molecule has 0 aliphatic rings. The van der Waals surface area contributed by atoms with Crippen molar-refractivity contribution in [3.05, 3.63) is 0 Å². The Bertz CT molecular complexity index is 472. The molecule has 0 aromatic rings. The molecule has 4 N–H and O–H groups in total. The Morgan fingerprint density at radius 1 is 1.20 bits per heavy atom. The molecule has 1 unspecified atom stereocenters. The summed E-state index contributed by atoms with van der Waals surface area (Å²) in [6.45, 7) is 2.99. The van der Waals surface area contributed by atoms with Gasteiger partial charge >= 0.3 is 28.2 Å². The van der Waals surface area contributed by atoms with Crippen molar-refractivity contribution in [3.63, 3.8) is 0 Å². The molecule has 0 radical (unpaired) electrons. The van der Waals surface area contributed by atoms with E-state index in [1.165, 1.54) is 18.6 Å². The molecule has 1 amide bonds. The molecule has 0 bridgehead atoms. The van der Waals surface area contributed by atoms with E-state index >= 15 is 0 Å². The summed E-state index contributed by atoms with van der Waals surface area (Å²) < 4.78 is 30.5. The number of nitrogens with one attached hydrogen (secondary N) is 2. The van der Waals surface area contributed by atoms with Crippen LogP contribution in [0, 0.1) is 0 Å². The minimum Gasteiger partial charge on any atom is -0.481 e. The van der Waals surface area contributed by atoms with Crippen LogP contribution in [0.5, 0.6) is 0 Å². The lowest BCUT2D eigenvalue weighted by molar-refractivity contribution is -0.140. The Labute approximate surface area is 115 Å². The van der Waals surface area contributed by atoms with E-state index in [4.69, 9.17) is 10.2 Å². The van der Waals surface area contributed by atoms with Crippen LogP contribution in [0.1, 0.15) is 26.7 Å². The normalized spacial score (nSPS) is 12.8. The van der Waals surface area contributed by atoms with E-state index in [1.807, 2.05) is 0 Å². The predicted octanol–water partition coefficient (Wildman–Crippen LogP) is -0.727. The van der Waals surface area contributed by atoms with Gasteiger partial charge in [0, 0.05) is 6.42 Å². The first-order valence-corrected chi connectivity index (χ1v) is 6.97. The topological polar surface area (TPSA) is 159 Å². The molecule has 0 fully saturated rings. The van der Waals surface area contributed by atoms with Crippen molar-refractivity contribution < 1.29 is 37.8 Å². The summed E-state index contributed by atoms with van der Waals surface area (Å²) in [6.07, 6.45) is -2.84. The zero-order chi connectivity index (χ0) is 15.9. The Morgan fingerprint density at radius 3 is 2.15 bits per heavy atom. The Kier molecular flexibility index (Phi) is 6.93. The molecule has 0 spiro atoms. The SMILES string of the molecule is CC(C)OC(=O)NS(=O)(=O)NC(CCC(=O)O)C(=O)O. The summed E-state index contributed by atoms with van der Waals surface area (Å²) in [5, 5.41) is 17.2. The highest BCUT2D eigenvalue weighted by Crippen LogP contribution is 2.00. The van der Waals surface area contributed by atoms with Crippen molar-refractivity contribution in [1.82, 2.24) is 9.44 Å². The highest BCUT2D eigenvalue weighted by atomic mass is 32.2. The Hall–Kier alpha value is -1.88. The number of hydrogen-bond donors (Lipinski definition) is 4. The standard InChI is InChI=1S/C9H16N2O8S/c1-5(2)19-9(16)11-20(17,18)10-6(8(14)15)3-4-7(12)13/h5-6,10H,3-4H2,1-2H3,(H,11,16)(H,12,13)(H,14,15). The summed E-state index contributed by atoms with van der Waals surface area (Å²) in [7, 11) is -4.47. The Morgan fingerprint density at radius 2 is 1.75 bits per heavy atom. The van der Waals surface area contributed by atoms with Crippen LogP contribution in [-0.4, -0.2) is 48.8 Å². The van der Waals surface area contributed by atoms with E-state index in [-0.39, 0.29) is 0 Å². The summed E-state index contributed by atoms with van der Waals surface area (Å²) in [5.41, 5.74) is 0. The van der Waals surface area contributed by atoms with Crippen LogP contribution in [0.4, 0.5) is 4.79 Å². The maximum atomic E-state index is 11.4. The van der Waals surface area contributed by atoms with Crippen LogP contribution in [0.3, 0.4) is 0 Å². The van der Waals surface area contributed by atoms with E-state index in [2.05, 4.69) is 4.74 Å². The lowest BCUT2D eigenvalue weighted by Gasteiger charge is -2.15. The van der Waals surface area contributed by atoms with Gasteiger partial charge in [-0.15, -0.1) is 0 Å². The lowest BCUT2D eigenvalue weighted by atomic mass is 10.2. The van der Waals surface area contributed by atoms with Crippen molar-refractivity contribution in [3.8, 4) is 0 Å². The summed E-state index contributed by atoms with van der Waals surface area (Å²) in [5.74, 6) is -2.84.